The Morgan fingerprint density at radius 3 is 2.35 bits per heavy atom. The van der Waals surface area contributed by atoms with E-state index >= 15 is 4.39 Å². The molecule has 3 saturated heterocycles. The quantitative estimate of drug-likeness (QED) is 0.0547. The van der Waals surface area contributed by atoms with E-state index in [2.05, 4.69) is 50.5 Å². The third kappa shape index (κ3) is 11.8. The van der Waals surface area contributed by atoms with Crippen LogP contribution in [-0.2, 0) is 50.2 Å². The first kappa shape index (κ1) is 52.1. The lowest BCUT2D eigenvalue weighted by atomic mass is 9.78. The van der Waals surface area contributed by atoms with Crippen molar-refractivity contribution in [3.05, 3.63) is 89.4 Å². The van der Waals surface area contributed by atoms with Crippen LogP contribution in [-0.4, -0.2) is 139 Å². The summed E-state index contributed by atoms with van der Waals surface area (Å²) in [5.74, 6) is -2.39. The van der Waals surface area contributed by atoms with Gasteiger partial charge in [-0.05, 0) is 101 Å². The Hall–Kier alpha value is -6.74. The molecule has 5 aromatic rings. The van der Waals surface area contributed by atoms with Gasteiger partial charge < -0.3 is 25.0 Å². The van der Waals surface area contributed by atoms with Crippen molar-refractivity contribution in [3.8, 4) is 11.3 Å². The molecule has 394 valence electrons. The first-order valence-corrected chi connectivity index (χ1v) is 25.7. The van der Waals surface area contributed by atoms with E-state index in [0.717, 1.165) is 87.7 Å². The van der Waals surface area contributed by atoms with Crippen molar-refractivity contribution in [1.82, 2.24) is 54.6 Å². The molecule has 4 aliphatic rings. The standard InChI is InChI=1S/C48H55F4N13O8S/c1-47(2,70)28-64-25-31(23-54-64)42-35(48(50,51)52)24-53-46(58-42)56-37-7-6-33(22-36(37)49)74(71,72)55-14-21-73-27-32-26-63(60-59-32)20-19-61-15-10-29(11-16-61)30-12-17-62(18-13-30)38-5-3-4-34-41(38)45(69)65(44(34)68)39-8-9-40(66)57-43(39)67/h3-7,22-26,29-30,39,55,70H,8-21,27-28H2,1-2H3,(H,53,56,58)(H,57,66,67). The predicted octanol–water partition coefficient (Wildman–Crippen LogP) is 4.13. The van der Waals surface area contributed by atoms with Gasteiger partial charge >= 0.3 is 6.18 Å². The van der Waals surface area contributed by atoms with Gasteiger partial charge in [-0.15, -0.1) is 5.10 Å². The maximum Gasteiger partial charge on any atom is 0.419 e. The number of nitrogens with zero attached hydrogens (tertiary/aromatic N) is 10. The highest BCUT2D eigenvalue weighted by Crippen LogP contribution is 2.39. The van der Waals surface area contributed by atoms with Gasteiger partial charge in [-0.2, -0.15) is 18.3 Å². The van der Waals surface area contributed by atoms with Gasteiger partial charge in [0.1, 0.15) is 23.1 Å². The molecule has 1 unspecified atom stereocenters. The predicted molar refractivity (Wildman–Crippen MR) is 256 cm³/mol. The van der Waals surface area contributed by atoms with Gasteiger partial charge in [-0.25, -0.2) is 27.5 Å². The minimum absolute atomic E-state index is 0.00944. The molecule has 3 aromatic heterocycles. The first-order valence-electron chi connectivity index (χ1n) is 24.2. The molecular formula is C48H55F4N13O8S. The van der Waals surface area contributed by atoms with Gasteiger partial charge in [0.15, 0.2) is 0 Å². The van der Waals surface area contributed by atoms with Gasteiger partial charge in [0, 0.05) is 50.6 Å². The molecule has 0 spiro atoms. The lowest BCUT2D eigenvalue weighted by Gasteiger charge is -2.41. The van der Waals surface area contributed by atoms with Gasteiger partial charge in [-0.1, -0.05) is 11.3 Å². The fourth-order valence-electron chi connectivity index (χ4n) is 10.0. The number of anilines is 3. The maximum atomic E-state index is 15.3. The van der Waals surface area contributed by atoms with Crippen molar-refractivity contribution < 1.29 is 55.0 Å². The number of imide groups is 2. The summed E-state index contributed by atoms with van der Waals surface area (Å²) in [6.07, 6.45) is 4.10. The molecule has 7 heterocycles. The number of aliphatic hydroxyl groups is 1. The van der Waals surface area contributed by atoms with E-state index in [-0.39, 0.29) is 56.0 Å². The lowest BCUT2D eigenvalue weighted by molar-refractivity contribution is -0.138. The molecule has 1 atom stereocenters. The van der Waals surface area contributed by atoms with Crippen molar-refractivity contribution in [3.63, 3.8) is 0 Å². The van der Waals surface area contributed by atoms with E-state index in [9.17, 15) is 45.9 Å². The average Bonchev–Trinajstić information content (AvgIpc) is 4.08. The van der Waals surface area contributed by atoms with Crippen molar-refractivity contribution in [1.29, 1.82) is 0 Å². The zero-order valence-corrected chi connectivity index (χ0v) is 41.3. The van der Waals surface area contributed by atoms with Crippen LogP contribution < -0.4 is 20.3 Å². The number of hydrogen-bond donors (Lipinski definition) is 4. The average molecular weight is 1050 g/mol. The van der Waals surface area contributed by atoms with Crippen LogP contribution >= 0.6 is 0 Å². The number of ether oxygens (including phenoxy) is 1. The molecule has 9 rings (SSSR count). The Morgan fingerprint density at radius 1 is 0.905 bits per heavy atom. The van der Waals surface area contributed by atoms with Crippen LogP contribution in [0.4, 0.5) is 34.9 Å². The summed E-state index contributed by atoms with van der Waals surface area (Å²) in [6, 6.07) is 7.20. The third-order valence-corrected chi connectivity index (χ3v) is 15.2. The maximum absolute atomic E-state index is 15.3. The van der Waals surface area contributed by atoms with Crippen LogP contribution in [0.5, 0.6) is 0 Å². The SMILES string of the molecule is CC(C)(O)Cn1cc(-c2nc(Nc3ccc(S(=O)(=O)NCCOCc4cn(CCN5CCC(C6CCN(c7cccc8c7C(=O)N(C7CCC(=O)NC7=O)C8=O)CC6)CC5)nn4)cc3F)ncc2C(F)(F)F)cn1. The number of sulfonamides is 1. The number of amides is 4. The van der Waals surface area contributed by atoms with Gasteiger partial charge in [0.25, 0.3) is 11.8 Å². The van der Waals surface area contributed by atoms with Crippen LogP contribution in [0.1, 0.15) is 84.3 Å². The van der Waals surface area contributed by atoms with E-state index in [1.165, 1.54) is 24.7 Å². The lowest BCUT2D eigenvalue weighted by Crippen LogP contribution is -2.54. The van der Waals surface area contributed by atoms with Gasteiger partial charge in [0.2, 0.25) is 27.8 Å². The molecule has 4 N–H and O–H groups in total. The number of carbonyl (C=O) groups excluding carboxylic acids is 4. The van der Waals surface area contributed by atoms with Gasteiger partial charge in [-0.3, -0.25) is 38.8 Å². The number of nitrogens with one attached hydrogen (secondary N) is 3. The van der Waals surface area contributed by atoms with Crippen LogP contribution in [0.2, 0.25) is 0 Å². The number of fused-ring (bicyclic) bond motifs is 1. The molecule has 4 aliphatic heterocycles. The molecule has 0 radical (unpaired) electrons. The summed E-state index contributed by atoms with van der Waals surface area (Å²) in [5.41, 5.74) is -1.36. The third-order valence-electron chi connectivity index (χ3n) is 13.7. The van der Waals surface area contributed by atoms with E-state index in [4.69, 9.17) is 4.74 Å². The molecular weight excluding hydrogens is 995 g/mol. The van der Waals surface area contributed by atoms with Crippen molar-refractivity contribution in [2.75, 3.05) is 56.1 Å². The number of carbonyl (C=O) groups is 4. The Kier molecular flexibility index (Phi) is 15.0. The van der Waals surface area contributed by atoms with E-state index in [1.807, 2.05) is 6.07 Å². The monoisotopic (exact) mass is 1050 g/mol. The number of aromatic nitrogens is 7. The summed E-state index contributed by atoms with van der Waals surface area (Å²) < 4.78 is 94.0. The number of alkyl halides is 3. The van der Waals surface area contributed by atoms with Crippen LogP contribution in [0, 0.1) is 17.7 Å². The minimum atomic E-state index is -4.84. The Morgan fingerprint density at radius 2 is 1.65 bits per heavy atom. The van der Waals surface area contributed by atoms with Crippen molar-refractivity contribution in [2.24, 2.45) is 11.8 Å². The van der Waals surface area contributed by atoms with E-state index in [1.54, 1.807) is 23.0 Å². The second kappa shape index (κ2) is 21.2. The fraction of sp³-hybridized carbons (Fsp3) is 0.479. The molecule has 0 saturated carbocycles. The number of piperidine rings is 3. The fourth-order valence-corrected chi connectivity index (χ4v) is 11.0. The van der Waals surface area contributed by atoms with Crippen LogP contribution in [0.3, 0.4) is 0 Å². The molecule has 74 heavy (non-hydrogen) atoms. The zero-order valence-electron chi connectivity index (χ0n) is 40.5. The minimum Gasteiger partial charge on any atom is -0.389 e. The smallest absolute Gasteiger partial charge is 0.389 e. The molecule has 0 bridgehead atoms. The van der Waals surface area contributed by atoms with Crippen molar-refractivity contribution in [2.45, 2.75) is 94.8 Å². The Bertz CT molecular complexity index is 3040. The van der Waals surface area contributed by atoms with Crippen LogP contribution in [0.25, 0.3) is 11.3 Å². The molecule has 0 aliphatic carbocycles. The zero-order chi connectivity index (χ0) is 52.5. The number of benzene rings is 2. The number of likely N-dealkylation sites (tertiary alicyclic amines) is 1. The summed E-state index contributed by atoms with van der Waals surface area (Å²) in [4.78, 5) is 64.2. The number of halogens is 4. The topological polar surface area (TPSA) is 252 Å². The normalized spacial score (nSPS) is 18.6. The Labute approximate surface area is 422 Å². The van der Waals surface area contributed by atoms with E-state index < -0.39 is 79.4 Å². The van der Waals surface area contributed by atoms with Crippen molar-refractivity contribution >= 4 is 51.0 Å². The number of hydrogen-bond acceptors (Lipinski definition) is 16. The highest BCUT2D eigenvalue weighted by atomic mass is 32.2. The molecule has 26 heteroatoms. The summed E-state index contributed by atoms with van der Waals surface area (Å²) >= 11 is 0. The second-order valence-electron chi connectivity index (χ2n) is 19.5. The molecule has 4 amide bonds. The summed E-state index contributed by atoms with van der Waals surface area (Å²) in [7, 11) is -4.20. The first-order chi connectivity index (χ1) is 35.2. The number of rotatable bonds is 18. The Balaban J connectivity index is 0.683. The summed E-state index contributed by atoms with van der Waals surface area (Å²) in [5, 5.41) is 27.2. The van der Waals surface area contributed by atoms with Crippen LogP contribution in [0.15, 0.2) is 66.1 Å². The van der Waals surface area contributed by atoms with E-state index in [0.29, 0.717) is 41.5 Å². The highest BCUT2D eigenvalue weighted by Gasteiger charge is 2.46. The largest absolute Gasteiger partial charge is 0.419 e. The molecule has 3 fully saturated rings. The highest BCUT2D eigenvalue weighted by molar-refractivity contribution is 7.89. The van der Waals surface area contributed by atoms with Gasteiger partial charge in [0.05, 0.1) is 77.4 Å². The molecule has 2 aromatic carbocycles. The molecule has 21 nitrogen and oxygen atoms in total. The summed E-state index contributed by atoms with van der Waals surface area (Å²) in [6.45, 7) is 7.66. The second-order valence-corrected chi connectivity index (χ2v) is 21.3.